The van der Waals surface area contributed by atoms with Crippen LogP contribution in [0.15, 0.2) is 36.4 Å². The maximum atomic E-state index is 5.77. The minimum Gasteiger partial charge on any atom is -0.493 e. The Kier molecular flexibility index (Phi) is 5.09. The van der Waals surface area contributed by atoms with Gasteiger partial charge in [-0.05, 0) is 55.7 Å². The van der Waals surface area contributed by atoms with Crippen LogP contribution in [0, 0.1) is 20.8 Å². The average molecular weight is 286 g/mol. The summed E-state index contributed by atoms with van der Waals surface area (Å²) in [5.41, 5.74) is 3.47. The molecule has 21 heavy (non-hydrogen) atoms. The van der Waals surface area contributed by atoms with Crippen LogP contribution in [0.2, 0.25) is 0 Å². The SMILES string of the molecule is COc1cc(C)ccc1OCCOc1cc(C)ccc1C. The first-order valence-electron chi connectivity index (χ1n) is 7.07. The van der Waals surface area contributed by atoms with Crippen molar-refractivity contribution in [3.63, 3.8) is 0 Å². The van der Waals surface area contributed by atoms with E-state index in [0.29, 0.717) is 13.2 Å². The van der Waals surface area contributed by atoms with Crippen LogP contribution in [0.3, 0.4) is 0 Å². The number of benzene rings is 2. The lowest BCUT2D eigenvalue weighted by Gasteiger charge is -2.13. The highest BCUT2D eigenvalue weighted by Gasteiger charge is 2.05. The molecule has 0 aromatic heterocycles. The number of hydrogen-bond acceptors (Lipinski definition) is 3. The van der Waals surface area contributed by atoms with Gasteiger partial charge in [0.15, 0.2) is 11.5 Å². The zero-order chi connectivity index (χ0) is 15.2. The first-order chi connectivity index (χ1) is 10.1. The van der Waals surface area contributed by atoms with Crippen LogP contribution >= 0.6 is 0 Å². The quantitative estimate of drug-likeness (QED) is 0.749. The van der Waals surface area contributed by atoms with Crippen LogP contribution in [-0.2, 0) is 0 Å². The van der Waals surface area contributed by atoms with Gasteiger partial charge in [0.1, 0.15) is 19.0 Å². The third-order valence-corrected chi connectivity index (χ3v) is 3.26. The molecule has 2 aromatic carbocycles. The summed E-state index contributed by atoms with van der Waals surface area (Å²) in [5.74, 6) is 2.41. The van der Waals surface area contributed by atoms with Crippen molar-refractivity contribution in [3.05, 3.63) is 53.1 Å². The van der Waals surface area contributed by atoms with Crippen molar-refractivity contribution in [1.29, 1.82) is 0 Å². The monoisotopic (exact) mass is 286 g/mol. The van der Waals surface area contributed by atoms with Gasteiger partial charge in [0.25, 0.3) is 0 Å². The zero-order valence-corrected chi connectivity index (χ0v) is 13.1. The predicted octanol–water partition coefficient (Wildman–Crippen LogP) is 4.08. The van der Waals surface area contributed by atoms with Gasteiger partial charge in [-0.25, -0.2) is 0 Å². The van der Waals surface area contributed by atoms with E-state index >= 15 is 0 Å². The summed E-state index contributed by atoms with van der Waals surface area (Å²) in [7, 11) is 1.65. The smallest absolute Gasteiger partial charge is 0.161 e. The number of hydrogen-bond donors (Lipinski definition) is 0. The highest BCUT2D eigenvalue weighted by molar-refractivity contribution is 5.42. The maximum Gasteiger partial charge on any atom is 0.161 e. The molecule has 0 saturated carbocycles. The number of methoxy groups -OCH3 is 1. The second-order valence-electron chi connectivity index (χ2n) is 5.12. The van der Waals surface area contributed by atoms with Gasteiger partial charge in [-0.15, -0.1) is 0 Å². The van der Waals surface area contributed by atoms with E-state index in [9.17, 15) is 0 Å². The van der Waals surface area contributed by atoms with Crippen LogP contribution < -0.4 is 14.2 Å². The molecule has 3 nitrogen and oxygen atoms in total. The molecule has 2 rings (SSSR count). The van der Waals surface area contributed by atoms with E-state index in [1.54, 1.807) is 7.11 Å². The Morgan fingerprint density at radius 1 is 0.714 bits per heavy atom. The van der Waals surface area contributed by atoms with Crippen molar-refractivity contribution in [2.45, 2.75) is 20.8 Å². The summed E-state index contributed by atoms with van der Waals surface area (Å²) < 4.78 is 16.8. The fraction of sp³-hybridized carbons (Fsp3) is 0.333. The molecule has 0 N–H and O–H groups in total. The molecule has 0 bridgehead atoms. The van der Waals surface area contributed by atoms with Crippen LogP contribution in [0.25, 0.3) is 0 Å². The van der Waals surface area contributed by atoms with Crippen LogP contribution in [0.5, 0.6) is 17.2 Å². The van der Waals surface area contributed by atoms with Crippen molar-refractivity contribution < 1.29 is 14.2 Å². The van der Waals surface area contributed by atoms with E-state index in [2.05, 4.69) is 19.1 Å². The fourth-order valence-electron chi connectivity index (χ4n) is 2.06. The van der Waals surface area contributed by atoms with Crippen molar-refractivity contribution in [2.75, 3.05) is 20.3 Å². The predicted molar refractivity (Wildman–Crippen MR) is 84.6 cm³/mol. The molecule has 0 aliphatic rings. The molecule has 0 aliphatic carbocycles. The Morgan fingerprint density at radius 3 is 1.95 bits per heavy atom. The molecule has 0 atom stereocenters. The molecular weight excluding hydrogens is 264 g/mol. The molecule has 3 heteroatoms. The number of ether oxygens (including phenoxy) is 3. The second-order valence-corrected chi connectivity index (χ2v) is 5.12. The largest absolute Gasteiger partial charge is 0.493 e. The first kappa shape index (κ1) is 15.2. The van der Waals surface area contributed by atoms with Gasteiger partial charge >= 0.3 is 0 Å². The van der Waals surface area contributed by atoms with E-state index in [-0.39, 0.29) is 0 Å². The third kappa shape index (κ3) is 4.15. The second kappa shape index (κ2) is 7.02. The molecule has 0 saturated heterocycles. The van der Waals surface area contributed by atoms with Gasteiger partial charge in [0, 0.05) is 0 Å². The summed E-state index contributed by atoms with van der Waals surface area (Å²) in [6.45, 7) is 7.10. The molecule has 112 valence electrons. The average Bonchev–Trinajstić information content (AvgIpc) is 2.48. The van der Waals surface area contributed by atoms with E-state index < -0.39 is 0 Å². The van der Waals surface area contributed by atoms with E-state index in [1.165, 1.54) is 5.56 Å². The van der Waals surface area contributed by atoms with Gasteiger partial charge in [0.2, 0.25) is 0 Å². The molecule has 0 unspecified atom stereocenters. The molecule has 0 fully saturated rings. The summed E-state index contributed by atoms with van der Waals surface area (Å²) >= 11 is 0. The van der Waals surface area contributed by atoms with Crippen molar-refractivity contribution in [2.24, 2.45) is 0 Å². The Labute approximate surface area is 126 Å². The number of rotatable bonds is 6. The summed E-state index contributed by atoms with van der Waals surface area (Å²) in [6.07, 6.45) is 0. The topological polar surface area (TPSA) is 27.7 Å². The van der Waals surface area contributed by atoms with Crippen molar-refractivity contribution in [3.8, 4) is 17.2 Å². The molecular formula is C18H22O3. The zero-order valence-electron chi connectivity index (χ0n) is 13.1. The molecule has 0 heterocycles. The van der Waals surface area contributed by atoms with E-state index in [0.717, 1.165) is 28.4 Å². The van der Waals surface area contributed by atoms with Crippen LogP contribution in [0.1, 0.15) is 16.7 Å². The first-order valence-corrected chi connectivity index (χ1v) is 7.07. The van der Waals surface area contributed by atoms with Gasteiger partial charge in [-0.2, -0.15) is 0 Å². The molecule has 0 aliphatic heterocycles. The standard InChI is InChI=1S/C18H22O3/c1-13-5-7-15(3)17(11-13)21-10-9-20-16-8-6-14(2)12-18(16)19-4/h5-8,11-12H,9-10H2,1-4H3. The lowest BCUT2D eigenvalue weighted by molar-refractivity contribution is 0.210. The Bertz CT molecular complexity index is 605. The van der Waals surface area contributed by atoms with E-state index in [4.69, 9.17) is 14.2 Å². The van der Waals surface area contributed by atoms with Crippen molar-refractivity contribution in [1.82, 2.24) is 0 Å². The normalized spacial score (nSPS) is 10.3. The third-order valence-electron chi connectivity index (χ3n) is 3.26. The summed E-state index contributed by atoms with van der Waals surface area (Å²) in [5, 5.41) is 0. The van der Waals surface area contributed by atoms with Gasteiger partial charge in [-0.1, -0.05) is 18.2 Å². The van der Waals surface area contributed by atoms with Crippen LogP contribution in [-0.4, -0.2) is 20.3 Å². The fourth-order valence-corrected chi connectivity index (χ4v) is 2.06. The van der Waals surface area contributed by atoms with Gasteiger partial charge in [-0.3, -0.25) is 0 Å². The molecule has 0 amide bonds. The Hall–Kier alpha value is -2.16. The highest BCUT2D eigenvalue weighted by Crippen LogP contribution is 2.27. The lowest BCUT2D eigenvalue weighted by atomic mass is 10.1. The van der Waals surface area contributed by atoms with Gasteiger partial charge < -0.3 is 14.2 Å². The lowest BCUT2D eigenvalue weighted by Crippen LogP contribution is -2.10. The van der Waals surface area contributed by atoms with Crippen LogP contribution in [0.4, 0.5) is 0 Å². The molecule has 2 aromatic rings. The van der Waals surface area contributed by atoms with E-state index in [1.807, 2.05) is 38.1 Å². The molecule has 0 radical (unpaired) electrons. The maximum absolute atomic E-state index is 5.77. The Balaban J connectivity index is 1.89. The number of aryl methyl sites for hydroxylation is 3. The minimum atomic E-state index is 0.479. The Morgan fingerprint density at radius 2 is 1.29 bits per heavy atom. The minimum absolute atomic E-state index is 0.479. The highest BCUT2D eigenvalue weighted by atomic mass is 16.5. The van der Waals surface area contributed by atoms with Gasteiger partial charge in [0.05, 0.1) is 7.11 Å². The summed E-state index contributed by atoms with van der Waals surface area (Å²) in [6, 6.07) is 12.1. The van der Waals surface area contributed by atoms with Crippen molar-refractivity contribution >= 4 is 0 Å². The molecule has 0 spiro atoms. The summed E-state index contributed by atoms with van der Waals surface area (Å²) in [4.78, 5) is 0.